The average Bonchev–Trinajstić information content (AvgIpc) is 3.15. The summed E-state index contributed by atoms with van der Waals surface area (Å²) < 4.78 is 34.7. The molecule has 0 unspecified atom stereocenters. The third-order valence-electron chi connectivity index (χ3n) is 6.60. The number of ether oxygens (including phenoxy) is 1. The number of piperidine rings is 1. The Labute approximate surface area is 207 Å². The number of carbonyl (C=O) groups is 1. The van der Waals surface area contributed by atoms with E-state index in [1.165, 1.54) is 23.5 Å². The van der Waals surface area contributed by atoms with E-state index in [0.29, 0.717) is 38.2 Å². The van der Waals surface area contributed by atoms with Crippen molar-refractivity contribution in [2.24, 2.45) is 5.92 Å². The van der Waals surface area contributed by atoms with Crippen LogP contribution in [0.1, 0.15) is 35.4 Å². The monoisotopic (exact) mass is 496 g/mol. The molecule has 1 aliphatic heterocycles. The van der Waals surface area contributed by atoms with Crippen molar-refractivity contribution < 1.29 is 17.9 Å². The van der Waals surface area contributed by atoms with E-state index in [1.54, 1.807) is 12.1 Å². The molecule has 2 heterocycles. The molecule has 0 bridgehead atoms. The molecule has 0 spiro atoms. The Hall–Kier alpha value is -3.17. The molecule has 1 fully saturated rings. The van der Waals surface area contributed by atoms with Crippen molar-refractivity contribution in [2.75, 3.05) is 20.2 Å². The van der Waals surface area contributed by atoms with Gasteiger partial charge in [-0.3, -0.25) is 9.48 Å². The van der Waals surface area contributed by atoms with Crippen LogP contribution in [0.3, 0.4) is 0 Å². The minimum absolute atomic E-state index is 0.130. The van der Waals surface area contributed by atoms with Crippen LogP contribution in [0.4, 0.5) is 0 Å². The van der Waals surface area contributed by atoms with E-state index in [0.717, 1.165) is 22.5 Å². The van der Waals surface area contributed by atoms with Gasteiger partial charge in [0, 0.05) is 30.9 Å². The van der Waals surface area contributed by atoms with Crippen LogP contribution in [0.2, 0.25) is 0 Å². The Morgan fingerprint density at radius 1 is 1.11 bits per heavy atom. The average molecular weight is 497 g/mol. The third-order valence-corrected chi connectivity index (χ3v) is 8.48. The van der Waals surface area contributed by atoms with Crippen LogP contribution >= 0.6 is 0 Å². The molecule has 3 aromatic rings. The number of aryl methyl sites for hydroxylation is 1. The highest BCUT2D eigenvalue weighted by molar-refractivity contribution is 7.89. The Morgan fingerprint density at radius 3 is 2.51 bits per heavy atom. The molecule has 0 saturated carbocycles. The van der Waals surface area contributed by atoms with Crippen molar-refractivity contribution in [2.45, 2.75) is 44.7 Å². The van der Waals surface area contributed by atoms with E-state index in [2.05, 4.69) is 22.5 Å². The number of hydrogen-bond donors (Lipinski definition) is 1. The molecular formula is C26H32N4O4S. The van der Waals surface area contributed by atoms with Gasteiger partial charge in [-0.25, -0.2) is 8.42 Å². The maximum atomic E-state index is 13.1. The van der Waals surface area contributed by atoms with Gasteiger partial charge in [-0.15, -0.1) is 0 Å². The quantitative estimate of drug-likeness (QED) is 0.517. The van der Waals surface area contributed by atoms with Crippen molar-refractivity contribution in [3.8, 4) is 5.75 Å². The molecule has 1 amide bonds. The summed E-state index contributed by atoms with van der Waals surface area (Å²) in [6.07, 6.45) is 1.30. The number of methoxy groups -OCH3 is 1. The summed E-state index contributed by atoms with van der Waals surface area (Å²) in [4.78, 5) is 13.2. The van der Waals surface area contributed by atoms with Gasteiger partial charge < -0.3 is 10.1 Å². The van der Waals surface area contributed by atoms with E-state index >= 15 is 0 Å². The fourth-order valence-corrected chi connectivity index (χ4v) is 6.02. The van der Waals surface area contributed by atoms with Crippen molar-refractivity contribution in [1.29, 1.82) is 0 Å². The second-order valence-corrected chi connectivity index (χ2v) is 10.8. The lowest BCUT2D eigenvalue weighted by molar-refractivity contribution is -0.126. The highest BCUT2D eigenvalue weighted by atomic mass is 32.2. The second kappa shape index (κ2) is 10.6. The summed E-state index contributed by atoms with van der Waals surface area (Å²) >= 11 is 0. The van der Waals surface area contributed by atoms with E-state index in [-0.39, 0.29) is 17.3 Å². The Morgan fingerprint density at radius 2 is 1.83 bits per heavy atom. The normalized spacial score (nSPS) is 16.7. The number of carbonyl (C=O) groups excluding carboxylic acids is 1. The lowest BCUT2D eigenvalue weighted by atomic mass is 9.98. The number of sulfonamides is 1. The van der Waals surface area contributed by atoms with Gasteiger partial charge in [-0.1, -0.05) is 30.3 Å². The first-order valence-corrected chi connectivity index (χ1v) is 13.2. The largest absolute Gasteiger partial charge is 0.497 e. The first-order valence-electron chi connectivity index (χ1n) is 11.8. The summed E-state index contributed by atoms with van der Waals surface area (Å²) in [7, 11) is -2.14. The molecule has 1 aromatic heterocycles. The third kappa shape index (κ3) is 5.57. The zero-order valence-electron chi connectivity index (χ0n) is 20.4. The molecule has 2 aromatic carbocycles. The fourth-order valence-electron chi connectivity index (χ4n) is 4.49. The van der Waals surface area contributed by atoms with E-state index < -0.39 is 15.9 Å². The number of nitrogens with one attached hydrogen (secondary N) is 1. The molecule has 1 aliphatic rings. The van der Waals surface area contributed by atoms with Crippen LogP contribution in [0.15, 0.2) is 59.5 Å². The van der Waals surface area contributed by atoms with Crippen LogP contribution in [0, 0.1) is 19.8 Å². The van der Waals surface area contributed by atoms with Gasteiger partial charge in [0.15, 0.2) is 0 Å². The zero-order valence-corrected chi connectivity index (χ0v) is 21.2. The number of benzene rings is 2. The zero-order chi connectivity index (χ0) is 25.0. The molecule has 9 heteroatoms. The first-order chi connectivity index (χ1) is 16.8. The van der Waals surface area contributed by atoms with Crippen LogP contribution in [-0.2, 0) is 27.9 Å². The Kier molecular flexibility index (Phi) is 7.57. The maximum absolute atomic E-state index is 13.1. The van der Waals surface area contributed by atoms with Crippen LogP contribution in [0.25, 0.3) is 0 Å². The van der Waals surface area contributed by atoms with Crippen molar-refractivity contribution >= 4 is 15.9 Å². The smallest absolute Gasteiger partial charge is 0.243 e. The van der Waals surface area contributed by atoms with Gasteiger partial charge in [0.1, 0.15) is 5.75 Å². The molecule has 0 aliphatic carbocycles. The highest BCUT2D eigenvalue weighted by Crippen LogP contribution is 2.25. The summed E-state index contributed by atoms with van der Waals surface area (Å²) in [5, 5.41) is 7.68. The van der Waals surface area contributed by atoms with Gasteiger partial charge in [-0.2, -0.15) is 9.40 Å². The molecule has 35 heavy (non-hydrogen) atoms. The van der Waals surface area contributed by atoms with E-state index in [9.17, 15) is 13.2 Å². The summed E-state index contributed by atoms with van der Waals surface area (Å²) in [6, 6.07) is 16.5. The fraction of sp³-hybridized carbons (Fsp3) is 0.385. The summed E-state index contributed by atoms with van der Waals surface area (Å²) in [6.45, 7) is 5.57. The highest BCUT2D eigenvalue weighted by Gasteiger charge is 2.33. The van der Waals surface area contributed by atoms with Gasteiger partial charge in [0.05, 0.1) is 30.2 Å². The van der Waals surface area contributed by atoms with Crippen molar-refractivity contribution in [3.05, 3.63) is 77.1 Å². The van der Waals surface area contributed by atoms with Crippen molar-refractivity contribution in [1.82, 2.24) is 19.4 Å². The van der Waals surface area contributed by atoms with E-state index in [1.807, 2.05) is 36.7 Å². The summed E-state index contributed by atoms with van der Waals surface area (Å²) in [5.41, 5.74) is 4.05. The topological polar surface area (TPSA) is 93.5 Å². The number of amides is 1. The molecule has 0 radical (unpaired) electrons. The minimum Gasteiger partial charge on any atom is -0.497 e. The standard InChI is InChI=1S/C26H32N4O4S/c1-19-25(20(2)30(28-19)17-21-8-5-4-6-9-21)16-27-26(31)22-10-7-15-29(18-22)35(32,33)24-13-11-23(34-3)12-14-24/h4-6,8-9,11-14,22H,7,10,15-18H2,1-3H3,(H,27,31)/t22-/m1/s1. The predicted octanol–water partition coefficient (Wildman–Crippen LogP) is 3.27. The van der Waals surface area contributed by atoms with E-state index in [4.69, 9.17) is 4.74 Å². The summed E-state index contributed by atoms with van der Waals surface area (Å²) in [5.74, 6) is 0.0727. The number of aromatic nitrogens is 2. The first kappa shape index (κ1) is 24.9. The second-order valence-electron chi connectivity index (χ2n) is 8.89. The predicted molar refractivity (Wildman–Crippen MR) is 134 cm³/mol. The lowest BCUT2D eigenvalue weighted by Crippen LogP contribution is -2.45. The van der Waals surface area contributed by atoms with Gasteiger partial charge in [0.25, 0.3) is 0 Å². The molecule has 1 saturated heterocycles. The molecular weight excluding hydrogens is 464 g/mol. The molecule has 186 valence electrons. The maximum Gasteiger partial charge on any atom is 0.243 e. The lowest BCUT2D eigenvalue weighted by Gasteiger charge is -2.31. The molecule has 8 nitrogen and oxygen atoms in total. The van der Waals surface area contributed by atoms with Gasteiger partial charge >= 0.3 is 0 Å². The Balaban J connectivity index is 1.39. The number of rotatable bonds is 8. The van der Waals surface area contributed by atoms with Gasteiger partial charge in [0.2, 0.25) is 15.9 Å². The van der Waals surface area contributed by atoms with Crippen LogP contribution in [-0.4, -0.2) is 48.6 Å². The van der Waals surface area contributed by atoms with Crippen LogP contribution < -0.4 is 10.1 Å². The molecule has 4 rings (SSSR count). The molecule has 1 atom stereocenters. The van der Waals surface area contributed by atoms with Crippen molar-refractivity contribution in [3.63, 3.8) is 0 Å². The van der Waals surface area contributed by atoms with Crippen LogP contribution in [0.5, 0.6) is 5.75 Å². The number of nitrogens with zero attached hydrogens (tertiary/aromatic N) is 3. The van der Waals surface area contributed by atoms with Gasteiger partial charge in [-0.05, 0) is 56.5 Å². The minimum atomic E-state index is -3.68. The number of hydrogen-bond acceptors (Lipinski definition) is 5. The Bertz CT molecular complexity index is 1270. The molecule has 1 N–H and O–H groups in total. The SMILES string of the molecule is COc1ccc(S(=O)(=O)N2CCC[C@@H](C(=O)NCc3c(C)nn(Cc4ccccc4)c3C)C2)cc1.